The summed E-state index contributed by atoms with van der Waals surface area (Å²) in [6.45, 7) is 5.96. The van der Waals surface area contributed by atoms with Gasteiger partial charge < -0.3 is 24.2 Å². The van der Waals surface area contributed by atoms with Gasteiger partial charge in [0, 0.05) is 31.1 Å². The number of hydrogen-bond donors (Lipinski definition) is 1. The molecule has 8 nitrogen and oxygen atoms in total. The Balaban J connectivity index is 1.51. The first-order valence-corrected chi connectivity index (χ1v) is 8.36. The first kappa shape index (κ1) is 17.4. The molecule has 0 aliphatic carbocycles. The van der Waals surface area contributed by atoms with Gasteiger partial charge in [-0.2, -0.15) is 4.98 Å². The minimum atomic E-state index is -0.192. The van der Waals surface area contributed by atoms with Crippen molar-refractivity contribution in [3.05, 3.63) is 36.0 Å². The molecule has 2 aromatic rings. The van der Waals surface area contributed by atoms with E-state index in [1.807, 2.05) is 31.2 Å². The topological polar surface area (TPSA) is 89.7 Å². The van der Waals surface area contributed by atoms with Crippen molar-refractivity contribution in [2.45, 2.75) is 20.0 Å². The lowest BCUT2D eigenvalue weighted by Gasteiger charge is -2.28. The molecule has 0 spiro atoms. The zero-order valence-electron chi connectivity index (χ0n) is 14.2. The van der Waals surface area contributed by atoms with Gasteiger partial charge in [0.15, 0.2) is 5.82 Å². The molecule has 1 amide bonds. The summed E-state index contributed by atoms with van der Waals surface area (Å²) in [5, 5.41) is 6.62. The van der Waals surface area contributed by atoms with Crippen LogP contribution in [0, 0.1) is 0 Å². The number of rotatable bonds is 7. The highest BCUT2D eigenvalue weighted by Crippen LogP contribution is 2.19. The number of anilines is 2. The third kappa shape index (κ3) is 5.01. The quantitative estimate of drug-likeness (QED) is 0.815. The van der Waals surface area contributed by atoms with Crippen LogP contribution in [0.25, 0.3) is 0 Å². The van der Waals surface area contributed by atoms with E-state index < -0.39 is 0 Å². The summed E-state index contributed by atoms with van der Waals surface area (Å²) >= 11 is 0. The Morgan fingerprint density at radius 1 is 1.28 bits per heavy atom. The van der Waals surface area contributed by atoms with Crippen LogP contribution in [0.2, 0.25) is 0 Å². The second kappa shape index (κ2) is 8.59. The van der Waals surface area contributed by atoms with E-state index >= 15 is 0 Å². The average molecular weight is 346 g/mol. The molecule has 134 valence electrons. The van der Waals surface area contributed by atoms with E-state index in [2.05, 4.69) is 20.4 Å². The van der Waals surface area contributed by atoms with Crippen molar-refractivity contribution < 1.29 is 18.8 Å². The summed E-state index contributed by atoms with van der Waals surface area (Å²) < 4.78 is 15.6. The lowest BCUT2D eigenvalue weighted by molar-refractivity contribution is -0.115. The highest BCUT2D eigenvalue weighted by atomic mass is 16.5. The van der Waals surface area contributed by atoms with E-state index in [0.29, 0.717) is 18.3 Å². The predicted octanol–water partition coefficient (Wildman–Crippen LogP) is 1.62. The van der Waals surface area contributed by atoms with E-state index in [1.165, 1.54) is 0 Å². The minimum absolute atomic E-state index is 0.0564. The number of nitrogens with one attached hydrogen (secondary N) is 1. The van der Waals surface area contributed by atoms with Gasteiger partial charge in [0.25, 0.3) is 5.89 Å². The van der Waals surface area contributed by atoms with Crippen LogP contribution in [0.1, 0.15) is 18.6 Å². The summed E-state index contributed by atoms with van der Waals surface area (Å²) in [6, 6.07) is 7.77. The van der Waals surface area contributed by atoms with E-state index in [1.54, 1.807) is 0 Å². The van der Waals surface area contributed by atoms with E-state index in [-0.39, 0.29) is 18.9 Å². The monoisotopic (exact) mass is 346 g/mol. The molecular weight excluding hydrogens is 324 g/mol. The molecule has 25 heavy (non-hydrogen) atoms. The molecule has 1 N–H and O–H groups in total. The molecule has 1 fully saturated rings. The smallest absolute Gasteiger partial charge is 0.252 e. The maximum Gasteiger partial charge on any atom is 0.252 e. The van der Waals surface area contributed by atoms with Crippen LogP contribution >= 0.6 is 0 Å². The van der Waals surface area contributed by atoms with Crippen LogP contribution in [0.3, 0.4) is 0 Å². The minimum Gasteiger partial charge on any atom is -0.378 e. The second-order valence-electron chi connectivity index (χ2n) is 5.61. The summed E-state index contributed by atoms with van der Waals surface area (Å²) in [6.07, 6.45) is 0.0564. The van der Waals surface area contributed by atoms with Crippen molar-refractivity contribution in [2.24, 2.45) is 0 Å². The van der Waals surface area contributed by atoms with Gasteiger partial charge in [-0.25, -0.2) is 0 Å². The Kier molecular flexibility index (Phi) is 5.97. The van der Waals surface area contributed by atoms with Crippen molar-refractivity contribution in [2.75, 3.05) is 43.1 Å². The van der Waals surface area contributed by atoms with Crippen LogP contribution in [0.4, 0.5) is 11.4 Å². The zero-order chi connectivity index (χ0) is 17.5. The average Bonchev–Trinajstić information content (AvgIpc) is 3.08. The Hall–Kier alpha value is -2.45. The number of benzene rings is 1. The largest absolute Gasteiger partial charge is 0.378 e. The van der Waals surface area contributed by atoms with Crippen LogP contribution in [-0.4, -0.2) is 49.0 Å². The maximum absolute atomic E-state index is 12.1. The number of amides is 1. The second-order valence-corrected chi connectivity index (χ2v) is 5.61. The number of carbonyl (C=O) groups excluding carboxylic acids is 1. The molecule has 3 rings (SSSR count). The van der Waals surface area contributed by atoms with E-state index in [9.17, 15) is 4.79 Å². The highest BCUT2D eigenvalue weighted by molar-refractivity contribution is 5.91. The van der Waals surface area contributed by atoms with E-state index in [0.717, 1.165) is 37.7 Å². The lowest BCUT2D eigenvalue weighted by atomic mass is 10.2. The summed E-state index contributed by atoms with van der Waals surface area (Å²) in [5.41, 5.74) is 1.86. The van der Waals surface area contributed by atoms with Gasteiger partial charge in [-0.05, 0) is 31.2 Å². The molecule has 0 atom stereocenters. The molecule has 1 aliphatic heterocycles. The number of nitrogens with zero attached hydrogens (tertiary/aromatic N) is 3. The molecule has 1 saturated heterocycles. The summed E-state index contributed by atoms with van der Waals surface area (Å²) in [7, 11) is 0. The number of ether oxygens (including phenoxy) is 2. The van der Waals surface area contributed by atoms with Crippen LogP contribution < -0.4 is 10.2 Å². The molecular formula is C17H22N4O4. The van der Waals surface area contributed by atoms with Gasteiger partial charge in [-0.1, -0.05) is 5.16 Å². The standard InChI is InChI=1S/C17H22N4O4/c1-2-23-12-17-19-15(20-25-17)11-16(22)18-13-3-5-14(6-4-13)21-7-9-24-10-8-21/h3-6H,2,7-12H2,1H3,(H,18,22). The molecule has 8 heteroatoms. The summed E-state index contributed by atoms with van der Waals surface area (Å²) in [5.74, 6) is 0.527. The van der Waals surface area contributed by atoms with Gasteiger partial charge in [0.2, 0.25) is 5.91 Å². The molecule has 0 bridgehead atoms. The first-order chi connectivity index (χ1) is 12.2. The van der Waals surface area contributed by atoms with Crippen molar-refractivity contribution >= 4 is 17.3 Å². The third-order valence-corrected chi connectivity index (χ3v) is 3.79. The fraction of sp³-hybridized carbons (Fsp3) is 0.471. The van der Waals surface area contributed by atoms with Gasteiger partial charge >= 0.3 is 0 Å². The van der Waals surface area contributed by atoms with Crippen LogP contribution in [0.15, 0.2) is 28.8 Å². The van der Waals surface area contributed by atoms with Gasteiger partial charge in [-0.15, -0.1) is 0 Å². The number of carbonyl (C=O) groups is 1. The van der Waals surface area contributed by atoms with Crippen molar-refractivity contribution in [1.29, 1.82) is 0 Å². The molecule has 1 aromatic heterocycles. The number of aromatic nitrogens is 2. The fourth-order valence-electron chi connectivity index (χ4n) is 2.54. The molecule has 0 unspecified atom stereocenters. The van der Waals surface area contributed by atoms with Crippen molar-refractivity contribution in [3.8, 4) is 0 Å². The maximum atomic E-state index is 12.1. The van der Waals surface area contributed by atoms with Gasteiger partial charge in [0.05, 0.1) is 19.6 Å². The molecule has 1 aromatic carbocycles. The van der Waals surface area contributed by atoms with Gasteiger partial charge in [-0.3, -0.25) is 4.79 Å². The Labute approximate surface area is 146 Å². The van der Waals surface area contributed by atoms with Crippen molar-refractivity contribution in [3.63, 3.8) is 0 Å². The predicted molar refractivity (Wildman–Crippen MR) is 91.4 cm³/mol. The van der Waals surface area contributed by atoms with Crippen LogP contribution in [0.5, 0.6) is 0 Å². The Bertz CT molecular complexity index is 680. The normalized spacial score (nSPS) is 14.5. The Morgan fingerprint density at radius 3 is 2.76 bits per heavy atom. The van der Waals surface area contributed by atoms with Crippen LogP contribution in [-0.2, 0) is 27.3 Å². The molecule has 0 radical (unpaired) electrons. The first-order valence-electron chi connectivity index (χ1n) is 8.36. The number of morpholine rings is 1. The third-order valence-electron chi connectivity index (χ3n) is 3.79. The fourth-order valence-corrected chi connectivity index (χ4v) is 2.54. The number of hydrogen-bond acceptors (Lipinski definition) is 7. The SMILES string of the molecule is CCOCc1nc(CC(=O)Nc2ccc(N3CCOCC3)cc2)no1. The van der Waals surface area contributed by atoms with E-state index in [4.69, 9.17) is 14.0 Å². The highest BCUT2D eigenvalue weighted by Gasteiger charge is 2.13. The molecule has 1 aliphatic rings. The lowest BCUT2D eigenvalue weighted by Crippen LogP contribution is -2.36. The zero-order valence-corrected chi connectivity index (χ0v) is 14.2. The van der Waals surface area contributed by atoms with Gasteiger partial charge in [0.1, 0.15) is 6.61 Å². The Morgan fingerprint density at radius 2 is 2.04 bits per heavy atom. The molecule has 2 heterocycles. The van der Waals surface area contributed by atoms with Crippen molar-refractivity contribution in [1.82, 2.24) is 10.1 Å². The molecule has 0 saturated carbocycles. The summed E-state index contributed by atoms with van der Waals surface area (Å²) in [4.78, 5) is 18.5.